The number of carbonyl (C=O) groups excluding carboxylic acids is 1. The Morgan fingerprint density at radius 2 is 2.18 bits per heavy atom. The highest BCUT2D eigenvalue weighted by Crippen LogP contribution is 2.37. The van der Waals surface area contributed by atoms with Gasteiger partial charge in [0.05, 0.1) is 29.4 Å². The molecule has 0 radical (unpaired) electrons. The highest BCUT2D eigenvalue weighted by Gasteiger charge is 2.46. The SMILES string of the molecule is CC1(C)C[C@H](NC(=O)Cc2cn3ccccc3n2)C(C)(C)O1. The number of amides is 1. The lowest BCUT2D eigenvalue weighted by molar-refractivity contribution is -0.123. The number of fused-ring (bicyclic) bond motifs is 1. The number of imidazole rings is 1. The molecule has 0 saturated carbocycles. The summed E-state index contributed by atoms with van der Waals surface area (Å²) in [6.07, 6.45) is 4.93. The molecular weight excluding hydrogens is 278 g/mol. The summed E-state index contributed by atoms with van der Waals surface area (Å²) in [6.45, 7) is 8.17. The molecule has 0 unspecified atom stereocenters. The molecule has 1 fully saturated rings. The number of nitrogens with zero attached hydrogens (tertiary/aromatic N) is 2. The van der Waals surface area contributed by atoms with Gasteiger partial charge in [0.25, 0.3) is 0 Å². The summed E-state index contributed by atoms with van der Waals surface area (Å²) in [7, 11) is 0. The fraction of sp³-hybridized carbons (Fsp3) is 0.529. The molecule has 2 aromatic heterocycles. The van der Waals surface area contributed by atoms with E-state index in [1.54, 1.807) is 0 Å². The number of aromatic nitrogens is 2. The molecule has 2 aromatic rings. The van der Waals surface area contributed by atoms with Crippen LogP contribution in [0.3, 0.4) is 0 Å². The average Bonchev–Trinajstić information content (AvgIpc) is 2.86. The zero-order chi connectivity index (χ0) is 16.0. The Morgan fingerprint density at radius 3 is 2.82 bits per heavy atom. The Labute approximate surface area is 130 Å². The van der Waals surface area contributed by atoms with E-state index in [-0.39, 0.29) is 29.6 Å². The molecule has 1 aliphatic rings. The molecule has 5 heteroatoms. The van der Waals surface area contributed by atoms with Crippen molar-refractivity contribution in [3.05, 3.63) is 36.3 Å². The molecule has 22 heavy (non-hydrogen) atoms. The molecule has 0 bridgehead atoms. The molecule has 3 heterocycles. The first-order valence-electron chi connectivity index (χ1n) is 7.67. The van der Waals surface area contributed by atoms with E-state index in [0.717, 1.165) is 17.8 Å². The Kier molecular flexibility index (Phi) is 3.48. The molecule has 0 aliphatic carbocycles. The van der Waals surface area contributed by atoms with E-state index in [2.05, 4.69) is 24.1 Å². The number of ether oxygens (including phenoxy) is 1. The molecule has 0 spiro atoms. The van der Waals surface area contributed by atoms with Crippen molar-refractivity contribution in [2.75, 3.05) is 0 Å². The van der Waals surface area contributed by atoms with Crippen LogP contribution in [0, 0.1) is 0 Å². The first-order chi connectivity index (χ1) is 10.3. The van der Waals surface area contributed by atoms with Gasteiger partial charge in [-0.1, -0.05) is 6.07 Å². The summed E-state index contributed by atoms with van der Waals surface area (Å²) in [5.41, 5.74) is 1.08. The Hall–Kier alpha value is -1.88. The van der Waals surface area contributed by atoms with Gasteiger partial charge in [-0.25, -0.2) is 4.98 Å². The minimum absolute atomic E-state index is 0.0113. The van der Waals surface area contributed by atoms with Crippen molar-refractivity contribution in [2.24, 2.45) is 0 Å². The molecule has 0 aromatic carbocycles. The number of rotatable bonds is 3. The van der Waals surface area contributed by atoms with Crippen LogP contribution in [0.25, 0.3) is 5.65 Å². The first kappa shape index (κ1) is 15.0. The predicted molar refractivity (Wildman–Crippen MR) is 84.7 cm³/mol. The Morgan fingerprint density at radius 1 is 1.41 bits per heavy atom. The van der Waals surface area contributed by atoms with Crippen molar-refractivity contribution in [1.29, 1.82) is 0 Å². The molecule has 1 aliphatic heterocycles. The fourth-order valence-electron chi connectivity index (χ4n) is 3.27. The number of carbonyl (C=O) groups is 1. The Bertz CT molecular complexity index is 670. The highest BCUT2D eigenvalue weighted by atomic mass is 16.5. The van der Waals surface area contributed by atoms with Crippen molar-refractivity contribution in [2.45, 2.75) is 57.8 Å². The van der Waals surface area contributed by atoms with Crippen LogP contribution in [0.4, 0.5) is 0 Å². The van der Waals surface area contributed by atoms with Gasteiger partial charge < -0.3 is 14.5 Å². The van der Waals surface area contributed by atoms with E-state index in [9.17, 15) is 4.79 Å². The molecule has 118 valence electrons. The van der Waals surface area contributed by atoms with Gasteiger partial charge in [-0.2, -0.15) is 0 Å². The molecule has 1 atom stereocenters. The summed E-state index contributed by atoms with van der Waals surface area (Å²) in [5.74, 6) is -0.0113. The molecule has 5 nitrogen and oxygen atoms in total. The molecular formula is C17H23N3O2. The van der Waals surface area contributed by atoms with Crippen molar-refractivity contribution < 1.29 is 9.53 Å². The standard InChI is InChI=1S/C17H23N3O2/c1-16(2)10-13(17(3,4)22-16)19-15(21)9-12-11-20-8-6-5-7-14(20)18-12/h5-8,11,13H,9-10H2,1-4H3,(H,19,21)/t13-/m0/s1. The van der Waals surface area contributed by atoms with Gasteiger partial charge in [-0.3, -0.25) is 4.79 Å². The summed E-state index contributed by atoms with van der Waals surface area (Å²) in [5, 5.41) is 3.10. The van der Waals surface area contributed by atoms with Gasteiger partial charge in [0, 0.05) is 12.4 Å². The monoisotopic (exact) mass is 301 g/mol. The van der Waals surface area contributed by atoms with Crippen LogP contribution in [0.2, 0.25) is 0 Å². The quantitative estimate of drug-likeness (QED) is 0.946. The third kappa shape index (κ3) is 2.99. The molecule has 1 N–H and O–H groups in total. The summed E-state index contributed by atoms with van der Waals surface area (Å²) in [6, 6.07) is 5.83. The second kappa shape index (κ2) is 5.09. The van der Waals surface area contributed by atoms with Crippen LogP contribution in [0.15, 0.2) is 30.6 Å². The number of hydrogen-bond acceptors (Lipinski definition) is 3. The average molecular weight is 301 g/mol. The van der Waals surface area contributed by atoms with E-state index >= 15 is 0 Å². The maximum absolute atomic E-state index is 12.3. The maximum atomic E-state index is 12.3. The summed E-state index contributed by atoms with van der Waals surface area (Å²) < 4.78 is 7.94. The van der Waals surface area contributed by atoms with Crippen LogP contribution in [-0.4, -0.2) is 32.5 Å². The van der Waals surface area contributed by atoms with Crippen molar-refractivity contribution in [1.82, 2.24) is 14.7 Å². The zero-order valence-electron chi connectivity index (χ0n) is 13.6. The van der Waals surface area contributed by atoms with Crippen LogP contribution >= 0.6 is 0 Å². The first-order valence-corrected chi connectivity index (χ1v) is 7.67. The van der Waals surface area contributed by atoms with Crippen molar-refractivity contribution >= 4 is 11.6 Å². The lowest BCUT2D eigenvalue weighted by atomic mass is 9.94. The fourth-order valence-corrected chi connectivity index (χ4v) is 3.27. The maximum Gasteiger partial charge on any atom is 0.226 e. The topological polar surface area (TPSA) is 55.6 Å². The minimum Gasteiger partial charge on any atom is -0.367 e. The normalized spacial score (nSPS) is 22.8. The molecule has 3 rings (SSSR count). The van der Waals surface area contributed by atoms with Crippen molar-refractivity contribution in [3.8, 4) is 0 Å². The van der Waals surface area contributed by atoms with Gasteiger partial charge in [-0.05, 0) is 46.2 Å². The van der Waals surface area contributed by atoms with Gasteiger partial charge in [-0.15, -0.1) is 0 Å². The summed E-state index contributed by atoms with van der Waals surface area (Å²) in [4.78, 5) is 16.8. The Balaban J connectivity index is 1.67. The second-order valence-electron chi connectivity index (χ2n) is 7.16. The van der Waals surface area contributed by atoms with Crippen LogP contribution in [0.1, 0.15) is 39.8 Å². The van der Waals surface area contributed by atoms with Gasteiger partial charge in [0.15, 0.2) is 0 Å². The second-order valence-corrected chi connectivity index (χ2v) is 7.16. The van der Waals surface area contributed by atoms with E-state index in [1.807, 2.05) is 48.8 Å². The van der Waals surface area contributed by atoms with Crippen molar-refractivity contribution in [3.63, 3.8) is 0 Å². The van der Waals surface area contributed by atoms with Gasteiger partial charge in [0.1, 0.15) is 5.65 Å². The van der Waals surface area contributed by atoms with Gasteiger partial charge >= 0.3 is 0 Å². The number of pyridine rings is 1. The van der Waals surface area contributed by atoms with Crippen LogP contribution in [-0.2, 0) is 16.0 Å². The zero-order valence-corrected chi connectivity index (χ0v) is 13.6. The van der Waals surface area contributed by atoms with Crippen LogP contribution in [0.5, 0.6) is 0 Å². The number of nitrogens with one attached hydrogen (secondary N) is 1. The van der Waals surface area contributed by atoms with E-state index in [4.69, 9.17) is 4.74 Å². The van der Waals surface area contributed by atoms with E-state index < -0.39 is 0 Å². The lowest BCUT2D eigenvalue weighted by Gasteiger charge is -2.27. The van der Waals surface area contributed by atoms with Gasteiger partial charge in [0.2, 0.25) is 5.91 Å². The smallest absolute Gasteiger partial charge is 0.226 e. The predicted octanol–water partition coefficient (Wildman–Crippen LogP) is 2.34. The van der Waals surface area contributed by atoms with E-state index in [0.29, 0.717) is 0 Å². The molecule has 1 amide bonds. The minimum atomic E-state index is -0.349. The van der Waals surface area contributed by atoms with Crippen LogP contribution < -0.4 is 5.32 Å². The highest BCUT2D eigenvalue weighted by molar-refractivity contribution is 5.78. The van der Waals surface area contributed by atoms with E-state index in [1.165, 1.54) is 0 Å². The number of hydrogen-bond donors (Lipinski definition) is 1. The lowest BCUT2D eigenvalue weighted by Crippen LogP contribution is -2.46. The largest absolute Gasteiger partial charge is 0.367 e. The molecule has 1 saturated heterocycles. The third-order valence-electron chi connectivity index (χ3n) is 4.17. The summed E-state index contributed by atoms with van der Waals surface area (Å²) >= 11 is 0. The third-order valence-corrected chi connectivity index (χ3v) is 4.17.